The Bertz CT molecular complexity index is 970. The molecule has 6 heteroatoms. The lowest BCUT2D eigenvalue weighted by atomic mass is 10.1. The van der Waals surface area contributed by atoms with Crippen molar-refractivity contribution in [2.75, 3.05) is 31.5 Å². The molecule has 1 aromatic heterocycles. The fraction of sp³-hybridized carbons (Fsp3) is 0.250. The molecule has 1 saturated heterocycles. The van der Waals surface area contributed by atoms with Crippen LogP contribution in [0.2, 0.25) is 0 Å². The first-order valence-corrected chi connectivity index (χ1v) is 10.2. The van der Waals surface area contributed by atoms with Gasteiger partial charge in [-0.25, -0.2) is 4.98 Å². The Kier molecular flexibility index (Phi) is 6.47. The van der Waals surface area contributed by atoms with E-state index in [1.807, 2.05) is 24.3 Å². The summed E-state index contributed by atoms with van der Waals surface area (Å²) in [5.74, 6) is -1.01. The smallest absolute Gasteiger partial charge is 0.255 e. The number of pyridine rings is 1. The van der Waals surface area contributed by atoms with Gasteiger partial charge in [0, 0.05) is 62.8 Å². The molecule has 1 aliphatic heterocycles. The van der Waals surface area contributed by atoms with Gasteiger partial charge in [0.2, 0.25) is 5.95 Å². The van der Waals surface area contributed by atoms with Crippen LogP contribution in [0.3, 0.4) is 0 Å². The number of carbonyl (C=O) groups is 1. The van der Waals surface area contributed by atoms with Crippen LogP contribution >= 0.6 is 0 Å². The highest BCUT2D eigenvalue weighted by Crippen LogP contribution is 2.15. The van der Waals surface area contributed by atoms with Crippen LogP contribution < -0.4 is 5.32 Å². The van der Waals surface area contributed by atoms with Crippen molar-refractivity contribution in [1.29, 1.82) is 0 Å². The molecule has 4 rings (SSSR count). The van der Waals surface area contributed by atoms with Gasteiger partial charge in [-0.1, -0.05) is 42.5 Å². The van der Waals surface area contributed by atoms with Gasteiger partial charge in [0.1, 0.15) is 0 Å². The zero-order chi connectivity index (χ0) is 20.8. The van der Waals surface area contributed by atoms with Gasteiger partial charge in [0.25, 0.3) is 5.91 Å². The van der Waals surface area contributed by atoms with Crippen LogP contribution in [-0.4, -0.2) is 46.9 Å². The molecular formula is C24H25FN4O. The number of anilines is 1. The van der Waals surface area contributed by atoms with E-state index in [-0.39, 0.29) is 11.5 Å². The second-order valence-corrected chi connectivity index (χ2v) is 7.56. The molecule has 1 N–H and O–H groups in total. The quantitative estimate of drug-likeness (QED) is 0.635. The van der Waals surface area contributed by atoms with E-state index in [1.165, 1.54) is 23.4 Å². The van der Waals surface area contributed by atoms with Crippen LogP contribution in [0.25, 0.3) is 0 Å². The average molecular weight is 404 g/mol. The minimum atomic E-state index is -0.665. The summed E-state index contributed by atoms with van der Waals surface area (Å²) in [7, 11) is 0. The minimum absolute atomic E-state index is 0.250. The summed E-state index contributed by atoms with van der Waals surface area (Å²) in [6.07, 6.45) is 1.28. The van der Waals surface area contributed by atoms with E-state index >= 15 is 0 Å². The summed E-state index contributed by atoms with van der Waals surface area (Å²) in [6.45, 7) is 6.10. The normalized spacial score (nSPS) is 15.1. The first-order valence-electron chi connectivity index (χ1n) is 10.2. The molecule has 2 aromatic carbocycles. The predicted molar refractivity (Wildman–Crippen MR) is 116 cm³/mol. The van der Waals surface area contributed by atoms with Gasteiger partial charge in [-0.15, -0.1) is 0 Å². The van der Waals surface area contributed by atoms with Gasteiger partial charge in [-0.3, -0.25) is 14.6 Å². The van der Waals surface area contributed by atoms with Crippen LogP contribution in [0.5, 0.6) is 0 Å². The van der Waals surface area contributed by atoms with E-state index in [0.717, 1.165) is 45.3 Å². The van der Waals surface area contributed by atoms with E-state index in [4.69, 9.17) is 0 Å². The summed E-state index contributed by atoms with van der Waals surface area (Å²) >= 11 is 0. The molecule has 0 unspecified atom stereocenters. The molecule has 1 aliphatic rings. The number of benzene rings is 2. The van der Waals surface area contributed by atoms with E-state index < -0.39 is 5.95 Å². The number of nitrogens with one attached hydrogen (secondary N) is 1. The third kappa shape index (κ3) is 5.49. The van der Waals surface area contributed by atoms with E-state index in [9.17, 15) is 9.18 Å². The monoisotopic (exact) mass is 404 g/mol. The molecule has 0 radical (unpaired) electrons. The number of carbonyl (C=O) groups excluding carboxylic acids is 1. The van der Waals surface area contributed by atoms with Gasteiger partial charge in [0.15, 0.2) is 0 Å². The number of rotatable bonds is 6. The number of amides is 1. The average Bonchev–Trinajstić information content (AvgIpc) is 2.77. The zero-order valence-corrected chi connectivity index (χ0v) is 16.8. The summed E-state index contributed by atoms with van der Waals surface area (Å²) < 4.78 is 13.2. The lowest BCUT2D eigenvalue weighted by Crippen LogP contribution is -2.45. The number of aromatic nitrogens is 1. The summed E-state index contributed by atoms with van der Waals surface area (Å²) in [4.78, 5) is 20.6. The molecule has 0 atom stereocenters. The Morgan fingerprint density at radius 2 is 1.47 bits per heavy atom. The van der Waals surface area contributed by atoms with Crippen molar-refractivity contribution in [3.05, 3.63) is 95.6 Å². The molecule has 2 heterocycles. The Morgan fingerprint density at radius 1 is 0.867 bits per heavy atom. The largest absolute Gasteiger partial charge is 0.322 e. The SMILES string of the molecule is O=C(Nc1ccc(CN2CCN(Cc3ccccc3)CC2)cc1)c1ccnc(F)c1. The van der Waals surface area contributed by atoms with E-state index in [2.05, 4.69) is 50.4 Å². The molecule has 0 aliphatic carbocycles. The van der Waals surface area contributed by atoms with Crippen molar-refractivity contribution in [2.45, 2.75) is 13.1 Å². The predicted octanol–water partition coefficient (Wildman–Crippen LogP) is 3.79. The Hall–Kier alpha value is -3.09. The molecule has 1 fully saturated rings. The standard InChI is InChI=1S/C24H25FN4O/c25-23-16-21(10-11-26-23)24(30)27-22-8-6-20(7-9-22)18-29-14-12-28(13-15-29)17-19-4-2-1-3-5-19/h1-11,16H,12-15,17-18H2,(H,27,30). The highest BCUT2D eigenvalue weighted by Gasteiger charge is 2.17. The van der Waals surface area contributed by atoms with Gasteiger partial charge in [-0.05, 0) is 29.3 Å². The third-order valence-electron chi connectivity index (χ3n) is 5.32. The Labute approximate surface area is 176 Å². The van der Waals surface area contributed by atoms with Gasteiger partial charge in [0.05, 0.1) is 0 Å². The van der Waals surface area contributed by atoms with Gasteiger partial charge >= 0.3 is 0 Å². The minimum Gasteiger partial charge on any atom is -0.322 e. The molecule has 3 aromatic rings. The molecule has 5 nitrogen and oxygen atoms in total. The fourth-order valence-corrected chi connectivity index (χ4v) is 3.65. The van der Waals surface area contributed by atoms with Crippen molar-refractivity contribution in [3.63, 3.8) is 0 Å². The molecule has 30 heavy (non-hydrogen) atoms. The van der Waals surface area contributed by atoms with Crippen LogP contribution in [0.15, 0.2) is 72.9 Å². The number of piperazine rings is 1. The highest BCUT2D eigenvalue weighted by atomic mass is 19.1. The topological polar surface area (TPSA) is 48.5 Å². The second kappa shape index (κ2) is 9.61. The molecule has 0 saturated carbocycles. The maximum absolute atomic E-state index is 13.2. The molecular weight excluding hydrogens is 379 g/mol. The lowest BCUT2D eigenvalue weighted by Gasteiger charge is -2.34. The highest BCUT2D eigenvalue weighted by molar-refractivity contribution is 6.04. The maximum Gasteiger partial charge on any atom is 0.255 e. The number of halogens is 1. The van der Waals surface area contributed by atoms with Crippen molar-refractivity contribution in [3.8, 4) is 0 Å². The zero-order valence-electron chi connectivity index (χ0n) is 16.8. The van der Waals surface area contributed by atoms with Gasteiger partial charge < -0.3 is 5.32 Å². The number of hydrogen-bond acceptors (Lipinski definition) is 4. The molecule has 1 amide bonds. The summed E-state index contributed by atoms with van der Waals surface area (Å²) in [5, 5.41) is 2.79. The third-order valence-corrected chi connectivity index (χ3v) is 5.32. The fourth-order valence-electron chi connectivity index (χ4n) is 3.65. The molecule has 0 bridgehead atoms. The number of nitrogens with zero attached hydrogens (tertiary/aromatic N) is 3. The first-order chi connectivity index (χ1) is 14.7. The van der Waals surface area contributed by atoms with Crippen molar-refractivity contribution in [2.24, 2.45) is 0 Å². The first kappa shape index (κ1) is 20.2. The number of hydrogen-bond donors (Lipinski definition) is 1. The van der Waals surface area contributed by atoms with Crippen LogP contribution in [0.4, 0.5) is 10.1 Å². The van der Waals surface area contributed by atoms with Crippen LogP contribution in [-0.2, 0) is 13.1 Å². The Balaban J connectivity index is 1.25. The molecule has 0 spiro atoms. The van der Waals surface area contributed by atoms with Crippen LogP contribution in [0, 0.1) is 5.95 Å². The van der Waals surface area contributed by atoms with E-state index in [0.29, 0.717) is 5.69 Å². The van der Waals surface area contributed by atoms with Crippen molar-refractivity contribution in [1.82, 2.24) is 14.8 Å². The van der Waals surface area contributed by atoms with E-state index in [1.54, 1.807) is 0 Å². The summed E-state index contributed by atoms with van der Waals surface area (Å²) in [5.41, 5.74) is 3.51. The van der Waals surface area contributed by atoms with Crippen molar-refractivity contribution >= 4 is 11.6 Å². The Morgan fingerprint density at radius 3 is 2.07 bits per heavy atom. The maximum atomic E-state index is 13.2. The second-order valence-electron chi connectivity index (χ2n) is 7.56. The van der Waals surface area contributed by atoms with Crippen molar-refractivity contribution < 1.29 is 9.18 Å². The molecule has 154 valence electrons. The summed E-state index contributed by atoms with van der Waals surface area (Å²) in [6, 6.07) is 21.0. The lowest BCUT2D eigenvalue weighted by molar-refractivity contribution is 0.102. The van der Waals surface area contributed by atoms with Crippen LogP contribution in [0.1, 0.15) is 21.5 Å². The van der Waals surface area contributed by atoms with Gasteiger partial charge in [-0.2, -0.15) is 4.39 Å².